The Bertz CT molecular complexity index is 2280. The number of alkyl halides is 1. The number of piperidine rings is 3. The molecule has 3 unspecified atom stereocenters. The highest BCUT2D eigenvalue weighted by atomic mass is 35.5. The Balaban J connectivity index is 0.747. The lowest BCUT2D eigenvalue weighted by Gasteiger charge is -2.58. The molecule has 6 aliphatic rings. The van der Waals surface area contributed by atoms with Crippen molar-refractivity contribution in [3.05, 3.63) is 125 Å². The molecule has 2 bridgehead atoms. The fourth-order valence-electron chi connectivity index (χ4n) is 9.95. The van der Waals surface area contributed by atoms with Crippen LogP contribution < -0.4 is 15.0 Å². The number of hydrogen-bond donors (Lipinski definition) is 2. The van der Waals surface area contributed by atoms with Gasteiger partial charge in [0.2, 0.25) is 11.8 Å². The van der Waals surface area contributed by atoms with Crippen LogP contribution in [0.1, 0.15) is 75.9 Å². The molecule has 10 rings (SSSR count). The monoisotopic (exact) mass is 827 g/mol. The first-order valence-electron chi connectivity index (χ1n) is 21.2. The number of carbonyl (C=O) groups is 4. The van der Waals surface area contributed by atoms with E-state index >= 15 is 0 Å². The number of hydrogen-bond acceptors (Lipinski definition) is 9. The number of anilines is 1. The van der Waals surface area contributed by atoms with Crippen LogP contribution >= 0.6 is 11.6 Å². The van der Waals surface area contributed by atoms with Crippen molar-refractivity contribution >= 4 is 52.1 Å². The Morgan fingerprint density at radius 1 is 0.767 bits per heavy atom. The molecule has 12 heteroatoms. The lowest BCUT2D eigenvalue weighted by atomic mass is 9.85. The number of aromatic hydroxyl groups is 1. The zero-order valence-electron chi connectivity index (χ0n) is 33.6. The number of amides is 4. The van der Waals surface area contributed by atoms with Gasteiger partial charge in [-0.15, -0.1) is 11.6 Å². The van der Waals surface area contributed by atoms with Crippen molar-refractivity contribution in [2.75, 3.05) is 56.7 Å². The number of benzene rings is 4. The maximum Gasteiger partial charge on any atom is 0.262 e. The van der Waals surface area contributed by atoms with Gasteiger partial charge in [0.1, 0.15) is 24.1 Å². The summed E-state index contributed by atoms with van der Waals surface area (Å²) < 4.78 is 6.26. The summed E-state index contributed by atoms with van der Waals surface area (Å²) in [7, 11) is 0. The van der Waals surface area contributed by atoms with Gasteiger partial charge in [-0.25, -0.2) is 0 Å². The number of nitrogens with one attached hydrogen (secondary N) is 1. The molecule has 0 saturated carbocycles. The van der Waals surface area contributed by atoms with Crippen LogP contribution in [0.5, 0.6) is 11.5 Å². The number of allylic oxidation sites excluding steroid dienone is 1. The molecule has 11 nitrogen and oxygen atoms in total. The molecular formula is C48H50ClN5O6. The van der Waals surface area contributed by atoms with Gasteiger partial charge < -0.3 is 14.7 Å². The highest BCUT2D eigenvalue weighted by Gasteiger charge is 2.48. The molecule has 0 spiro atoms. The van der Waals surface area contributed by atoms with Crippen LogP contribution in [0.3, 0.4) is 0 Å². The molecule has 5 fully saturated rings. The molecule has 2 N–H and O–H groups in total. The molecular weight excluding hydrogens is 778 g/mol. The number of carbonyl (C=O) groups excluding carboxylic acids is 4. The van der Waals surface area contributed by atoms with Gasteiger partial charge in [-0.1, -0.05) is 54.6 Å². The second-order valence-corrected chi connectivity index (χ2v) is 17.1. The Morgan fingerprint density at radius 2 is 1.45 bits per heavy atom. The SMILES string of the molecule is O=C1CCC(N2C(=O)c3ccc(N4C5CC4CN(CC4CCN(CCOc6ccc(C(=C(CCCl)c7ccccc7)c7ccc(O)cc7)cc6)CC4)C5)cc3C2=O)C(=O)N1. The smallest absolute Gasteiger partial charge is 0.262 e. The van der Waals surface area contributed by atoms with Crippen molar-refractivity contribution in [3.8, 4) is 11.5 Å². The number of rotatable bonds is 13. The van der Waals surface area contributed by atoms with Crippen LogP contribution in [0.4, 0.5) is 5.69 Å². The standard InChI is InChI=1S/C48H50ClN5O6/c49-21-18-40(32-4-2-1-3-5-32)45(33-6-11-38(55)12-7-33)34-8-13-39(14-9-34)60-25-24-51-22-19-31(20-23-51)28-52-29-36-26-37(30-52)53(36)35-10-15-41-42(27-35)48(59)54(47(41)58)43-16-17-44(56)50-46(43)57/h1-15,27,31,36-37,43,55H,16-26,28-30H2,(H,50,56,57). The lowest BCUT2D eigenvalue weighted by Crippen LogP contribution is -2.69. The summed E-state index contributed by atoms with van der Waals surface area (Å²) in [6.07, 6.45) is 4.39. The molecule has 310 valence electrons. The molecule has 60 heavy (non-hydrogen) atoms. The molecule has 4 aromatic rings. The van der Waals surface area contributed by atoms with Gasteiger partial charge in [0.15, 0.2) is 0 Å². The first-order valence-corrected chi connectivity index (χ1v) is 21.7. The van der Waals surface area contributed by atoms with E-state index in [1.165, 1.54) is 0 Å². The molecule has 5 saturated heterocycles. The first-order chi connectivity index (χ1) is 29.2. The number of phenolic OH excluding ortho intramolecular Hbond substituents is 1. The van der Waals surface area contributed by atoms with Crippen LogP contribution in [0, 0.1) is 5.92 Å². The number of halogens is 1. The van der Waals surface area contributed by atoms with Gasteiger partial charge >= 0.3 is 0 Å². The third-order valence-corrected chi connectivity index (χ3v) is 13.1. The average molecular weight is 828 g/mol. The van der Waals surface area contributed by atoms with Crippen LogP contribution in [0.2, 0.25) is 0 Å². The third-order valence-electron chi connectivity index (χ3n) is 13.0. The minimum atomic E-state index is -0.961. The summed E-state index contributed by atoms with van der Waals surface area (Å²) in [6.45, 7) is 6.65. The molecule has 4 amide bonds. The van der Waals surface area contributed by atoms with Crippen LogP contribution in [0.25, 0.3) is 11.1 Å². The molecule has 4 aromatic carbocycles. The number of ether oxygens (including phenoxy) is 1. The lowest BCUT2D eigenvalue weighted by molar-refractivity contribution is -0.136. The largest absolute Gasteiger partial charge is 0.508 e. The zero-order chi connectivity index (χ0) is 41.3. The highest BCUT2D eigenvalue weighted by molar-refractivity contribution is 6.24. The van der Waals surface area contributed by atoms with Crippen molar-refractivity contribution in [2.24, 2.45) is 5.92 Å². The van der Waals surface area contributed by atoms with Crippen LogP contribution in [0.15, 0.2) is 97.1 Å². The maximum absolute atomic E-state index is 13.4. The Hall–Kier alpha value is -5.49. The molecule has 0 radical (unpaired) electrons. The quantitative estimate of drug-likeness (QED) is 0.0892. The van der Waals surface area contributed by atoms with Gasteiger partial charge in [-0.3, -0.25) is 39.2 Å². The normalized spacial score (nSPS) is 22.6. The van der Waals surface area contributed by atoms with E-state index in [4.69, 9.17) is 16.3 Å². The van der Waals surface area contributed by atoms with E-state index in [1.54, 1.807) is 18.2 Å². The zero-order valence-corrected chi connectivity index (χ0v) is 34.4. The maximum atomic E-state index is 13.4. The summed E-state index contributed by atoms with van der Waals surface area (Å²) in [4.78, 5) is 59.3. The first kappa shape index (κ1) is 39.9. The van der Waals surface area contributed by atoms with Crippen LogP contribution in [-0.4, -0.2) is 113 Å². The van der Waals surface area contributed by atoms with Crippen molar-refractivity contribution in [2.45, 2.75) is 56.7 Å². The number of fused-ring (bicyclic) bond motifs is 3. The highest BCUT2D eigenvalue weighted by Crippen LogP contribution is 2.40. The van der Waals surface area contributed by atoms with Crippen molar-refractivity contribution < 1.29 is 29.0 Å². The predicted molar refractivity (Wildman–Crippen MR) is 231 cm³/mol. The van der Waals surface area contributed by atoms with E-state index in [0.29, 0.717) is 48.0 Å². The molecule has 0 aliphatic carbocycles. The molecule has 6 aliphatic heterocycles. The molecule has 6 heterocycles. The van der Waals surface area contributed by atoms with E-state index in [0.717, 1.165) is 103 Å². The topological polar surface area (TPSA) is 123 Å². The third kappa shape index (κ3) is 8.06. The number of phenols is 1. The fraction of sp³-hybridized carbons (Fsp3) is 0.375. The minimum Gasteiger partial charge on any atom is -0.508 e. The number of nitrogens with zero attached hydrogens (tertiary/aromatic N) is 4. The van der Waals surface area contributed by atoms with E-state index < -0.39 is 23.8 Å². The van der Waals surface area contributed by atoms with E-state index in [-0.39, 0.29) is 24.5 Å². The van der Waals surface area contributed by atoms with Crippen LogP contribution in [-0.2, 0) is 9.59 Å². The Labute approximate surface area is 355 Å². The Kier molecular flexibility index (Phi) is 11.5. The summed E-state index contributed by atoms with van der Waals surface area (Å²) in [5.41, 5.74) is 7.05. The Morgan fingerprint density at radius 3 is 2.13 bits per heavy atom. The predicted octanol–water partition coefficient (Wildman–Crippen LogP) is 6.44. The second kappa shape index (κ2) is 17.2. The summed E-state index contributed by atoms with van der Waals surface area (Å²) in [6, 6.07) is 31.2. The van der Waals surface area contributed by atoms with Crippen molar-refractivity contribution in [1.29, 1.82) is 0 Å². The van der Waals surface area contributed by atoms with Gasteiger partial charge in [0.05, 0.1) is 11.1 Å². The van der Waals surface area contributed by atoms with Gasteiger partial charge in [0.25, 0.3) is 11.8 Å². The summed E-state index contributed by atoms with van der Waals surface area (Å²) in [5.74, 6) is 0.305. The van der Waals surface area contributed by atoms with E-state index in [9.17, 15) is 24.3 Å². The summed E-state index contributed by atoms with van der Waals surface area (Å²) in [5, 5.41) is 12.3. The van der Waals surface area contributed by atoms with Gasteiger partial charge in [-0.2, -0.15) is 0 Å². The number of likely N-dealkylation sites (tertiary alicyclic amines) is 1. The fourth-order valence-corrected chi connectivity index (χ4v) is 10.1. The van der Waals surface area contributed by atoms with Crippen molar-refractivity contribution in [3.63, 3.8) is 0 Å². The number of piperazine rings is 1. The average Bonchev–Trinajstić information content (AvgIpc) is 3.50. The summed E-state index contributed by atoms with van der Waals surface area (Å²) >= 11 is 6.33. The molecule has 3 atom stereocenters. The van der Waals surface area contributed by atoms with Crippen molar-refractivity contribution in [1.82, 2.24) is 20.0 Å². The van der Waals surface area contributed by atoms with Gasteiger partial charge in [-0.05, 0) is 121 Å². The molecule has 0 aromatic heterocycles. The number of imide groups is 2. The second-order valence-electron chi connectivity index (χ2n) is 16.7. The van der Waals surface area contributed by atoms with Gasteiger partial charge in [0, 0.05) is 56.3 Å². The van der Waals surface area contributed by atoms with E-state index in [2.05, 4.69) is 44.3 Å². The minimum absolute atomic E-state index is 0.102. The van der Waals surface area contributed by atoms with E-state index in [1.807, 2.05) is 54.6 Å².